The summed E-state index contributed by atoms with van der Waals surface area (Å²) in [5.41, 5.74) is 1.33. The van der Waals surface area contributed by atoms with Gasteiger partial charge in [-0.3, -0.25) is 4.79 Å². The summed E-state index contributed by atoms with van der Waals surface area (Å²) < 4.78 is 39.1. The van der Waals surface area contributed by atoms with E-state index in [1.165, 1.54) is 18.2 Å². The number of carbonyl (C=O) groups excluding carboxylic acids is 1. The summed E-state index contributed by atoms with van der Waals surface area (Å²) in [6.07, 6.45) is 0.646. The zero-order valence-corrected chi connectivity index (χ0v) is 21.0. The molecule has 3 heterocycles. The summed E-state index contributed by atoms with van der Waals surface area (Å²) in [6, 6.07) is 12.8. The molecule has 0 aliphatic carbocycles. The van der Waals surface area contributed by atoms with E-state index in [9.17, 15) is 18.7 Å². The number of halogens is 2. The number of aliphatic hydroxyl groups is 1. The van der Waals surface area contributed by atoms with E-state index in [1.54, 1.807) is 12.1 Å². The van der Waals surface area contributed by atoms with Crippen LogP contribution in [-0.2, 0) is 4.79 Å². The van der Waals surface area contributed by atoms with Crippen molar-refractivity contribution in [2.45, 2.75) is 25.0 Å². The summed E-state index contributed by atoms with van der Waals surface area (Å²) in [7, 11) is 0. The van der Waals surface area contributed by atoms with E-state index >= 15 is 0 Å². The second-order valence-corrected chi connectivity index (χ2v) is 10.3. The summed E-state index contributed by atoms with van der Waals surface area (Å²) in [5, 5.41) is 16.1. The molecule has 9 heteroatoms. The van der Waals surface area contributed by atoms with Crippen LogP contribution in [0.2, 0.25) is 0 Å². The van der Waals surface area contributed by atoms with Crippen molar-refractivity contribution in [3.05, 3.63) is 65.7 Å². The Bertz CT molecular complexity index is 1350. The molecule has 0 aromatic heterocycles. The lowest BCUT2D eigenvalue weighted by atomic mass is 9.98. The molecule has 2 saturated heterocycles. The Morgan fingerprint density at radius 3 is 2.63 bits per heavy atom. The highest BCUT2D eigenvalue weighted by Crippen LogP contribution is 2.37. The molecule has 3 aliphatic rings. The lowest BCUT2D eigenvalue weighted by Gasteiger charge is -2.36. The van der Waals surface area contributed by atoms with E-state index in [4.69, 9.17) is 9.47 Å². The number of fused-ring (bicyclic) bond motifs is 2. The van der Waals surface area contributed by atoms with Gasteiger partial charge in [0.1, 0.15) is 25.1 Å². The molecule has 2 fully saturated rings. The van der Waals surface area contributed by atoms with E-state index in [2.05, 4.69) is 15.1 Å². The molecule has 3 atom stereocenters. The van der Waals surface area contributed by atoms with Crippen LogP contribution < -0.4 is 19.7 Å². The number of aliphatic hydroxyl groups excluding tert-OH is 1. The van der Waals surface area contributed by atoms with Gasteiger partial charge in [0.2, 0.25) is 5.91 Å². The van der Waals surface area contributed by atoms with Crippen molar-refractivity contribution < 1.29 is 28.2 Å². The minimum absolute atomic E-state index is 0.0559. The first-order valence-corrected chi connectivity index (χ1v) is 13.2. The predicted molar refractivity (Wildman–Crippen MR) is 140 cm³/mol. The van der Waals surface area contributed by atoms with Crippen molar-refractivity contribution in [1.82, 2.24) is 10.2 Å². The van der Waals surface area contributed by atoms with Gasteiger partial charge in [0.15, 0.2) is 17.3 Å². The van der Waals surface area contributed by atoms with Crippen LogP contribution in [0.25, 0.3) is 10.8 Å². The number of amides is 1. The Hall–Kier alpha value is -3.43. The van der Waals surface area contributed by atoms with Crippen molar-refractivity contribution in [3.63, 3.8) is 0 Å². The zero-order chi connectivity index (χ0) is 26.2. The maximum Gasteiger partial charge on any atom is 0.225 e. The number of hydrogen-bond acceptors (Lipinski definition) is 6. The summed E-state index contributed by atoms with van der Waals surface area (Å²) in [4.78, 5) is 17.7. The molecule has 200 valence electrons. The van der Waals surface area contributed by atoms with Gasteiger partial charge in [0, 0.05) is 25.3 Å². The third kappa shape index (κ3) is 5.00. The highest BCUT2D eigenvalue weighted by Gasteiger charge is 2.34. The van der Waals surface area contributed by atoms with Crippen molar-refractivity contribution in [1.29, 1.82) is 0 Å². The monoisotopic (exact) mass is 523 g/mol. The fourth-order valence-corrected chi connectivity index (χ4v) is 5.51. The Labute approximate surface area is 219 Å². The van der Waals surface area contributed by atoms with Gasteiger partial charge in [0.05, 0.1) is 12.0 Å². The van der Waals surface area contributed by atoms with Gasteiger partial charge in [-0.05, 0) is 78.7 Å². The first-order chi connectivity index (χ1) is 18.4. The number of nitrogens with zero attached hydrogens (tertiary/aromatic N) is 2. The van der Waals surface area contributed by atoms with Crippen LogP contribution in [0.3, 0.4) is 0 Å². The number of hydrogen-bond donors (Lipinski definition) is 2. The normalized spacial score (nSPS) is 20.7. The fourth-order valence-electron chi connectivity index (χ4n) is 5.51. The van der Waals surface area contributed by atoms with Crippen LogP contribution in [0.4, 0.5) is 14.5 Å². The van der Waals surface area contributed by atoms with Gasteiger partial charge in [-0.15, -0.1) is 0 Å². The lowest BCUT2D eigenvalue weighted by molar-refractivity contribution is -0.126. The summed E-state index contributed by atoms with van der Waals surface area (Å²) in [5.74, 6) is -0.906. The van der Waals surface area contributed by atoms with Gasteiger partial charge in [-0.2, -0.15) is 0 Å². The molecule has 1 amide bonds. The largest absolute Gasteiger partial charge is 0.486 e. The maximum atomic E-state index is 14.7. The van der Waals surface area contributed by atoms with Crippen molar-refractivity contribution >= 4 is 22.4 Å². The Morgan fingerprint density at radius 2 is 1.82 bits per heavy atom. The van der Waals surface area contributed by atoms with Gasteiger partial charge in [-0.1, -0.05) is 12.1 Å². The molecule has 6 rings (SSSR count). The first kappa shape index (κ1) is 24.9. The standard InChI is InChI=1S/C29H31F2N3O4/c30-22-4-2-19-13-23(5-3-18(19)12-22)34-9-6-20(16-34)29(36)32-25(17-33-7-1-8-33)27(35)21-14-24(31)28-26(15-21)37-10-11-38-28/h2-5,12-15,20,25,27,35H,1,6-11,16-17H2,(H,32,36)/t20?,25-,27-/m1/s1. The number of ether oxygens (including phenoxy) is 2. The fraction of sp³-hybridized carbons (Fsp3) is 0.414. The summed E-state index contributed by atoms with van der Waals surface area (Å²) >= 11 is 0. The molecule has 0 radical (unpaired) electrons. The molecule has 2 N–H and O–H groups in total. The topological polar surface area (TPSA) is 74.3 Å². The number of anilines is 1. The molecular formula is C29H31F2N3O4. The number of benzene rings is 3. The van der Waals surface area contributed by atoms with Gasteiger partial charge in [0.25, 0.3) is 0 Å². The third-order valence-corrected chi connectivity index (χ3v) is 7.78. The Balaban J connectivity index is 1.16. The highest BCUT2D eigenvalue weighted by atomic mass is 19.1. The van der Waals surface area contributed by atoms with Gasteiger partial charge in [-0.25, -0.2) is 8.78 Å². The minimum atomic E-state index is -1.11. The zero-order valence-electron chi connectivity index (χ0n) is 21.0. The maximum absolute atomic E-state index is 14.7. The molecule has 0 saturated carbocycles. The SMILES string of the molecule is O=C(N[C@H](CN1CCC1)[C@H](O)c1cc(F)c2c(c1)OCCO2)C1CCN(c2ccc3cc(F)ccc3c2)C1. The van der Waals surface area contributed by atoms with E-state index < -0.39 is 18.0 Å². The van der Waals surface area contributed by atoms with Gasteiger partial charge < -0.3 is 29.7 Å². The minimum Gasteiger partial charge on any atom is -0.486 e. The van der Waals surface area contributed by atoms with Crippen LogP contribution >= 0.6 is 0 Å². The second kappa shape index (κ2) is 10.4. The lowest BCUT2D eigenvalue weighted by Crippen LogP contribution is -2.52. The van der Waals surface area contributed by atoms with Gasteiger partial charge >= 0.3 is 0 Å². The number of likely N-dealkylation sites (tertiary alicyclic amines) is 1. The van der Waals surface area contributed by atoms with Crippen LogP contribution in [-0.4, -0.2) is 67.9 Å². The van der Waals surface area contributed by atoms with E-state index in [0.717, 1.165) is 42.5 Å². The molecule has 7 nitrogen and oxygen atoms in total. The average Bonchev–Trinajstić information content (AvgIpc) is 3.40. The molecule has 3 aliphatic heterocycles. The quantitative estimate of drug-likeness (QED) is 0.493. The van der Waals surface area contributed by atoms with Crippen LogP contribution in [0, 0.1) is 17.6 Å². The molecule has 1 unspecified atom stereocenters. The molecule has 0 bridgehead atoms. The van der Waals surface area contributed by atoms with E-state index in [0.29, 0.717) is 31.7 Å². The Morgan fingerprint density at radius 1 is 1.03 bits per heavy atom. The number of carbonyl (C=O) groups is 1. The molecular weight excluding hydrogens is 492 g/mol. The second-order valence-electron chi connectivity index (χ2n) is 10.3. The third-order valence-electron chi connectivity index (χ3n) is 7.78. The van der Waals surface area contributed by atoms with Crippen molar-refractivity contribution in [3.8, 4) is 11.5 Å². The first-order valence-electron chi connectivity index (χ1n) is 13.2. The van der Waals surface area contributed by atoms with Crippen LogP contribution in [0.1, 0.15) is 24.5 Å². The number of rotatable bonds is 7. The highest BCUT2D eigenvalue weighted by molar-refractivity contribution is 5.86. The molecule has 0 spiro atoms. The molecule has 38 heavy (non-hydrogen) atoms. The average molecular weight is 524 g/mol. The molecule has 3 aromatic rings. The van der Waals surface area contributed by atoms with Crippen molar-refractivity contribution in [2.24, 2.45) is 5.92 Å². The van der Waals surface area contributed by atoms with Crippen LogP contribution in [0.15, 0.2) is 48.5 Å². The Kier molecular flexibility index (Phi) is 6.80. The van der Waals surface area contributed by atoms with E-state index in [-0.39, 0.29) is 35.7 Å². The summed E-state index contributed by atoms with van der Waals surface area (Å²) in [6.45, 7) is 4.12. The smallest absolute Gasteiger partial charge is 0.225 e. The number of nitrogens with one attached hydrogen (secondary N) is 1. The van der Waals surface area contributed by atoms with E-state index in [1.807, 2.05) is 18.2 Å². The van der Waals surface area contributed by atoms with Crippen molar-refractivity contribution in [2.75, 3.05) is 50.8 Å². The predicted octanol–water partition coefficient (Wildman–Crippen LogP) is 3.64. The molecule has 3 aromatic carbocycles. The van der Waals surface area contributed by atoms with Crippen LogP contribution in [0.5, 0.6) is 11.5 Å².